The first-order valence-corrected chi connectivity index (χ1v) is 10.8. The van der Waals surface area contributed by atoms with Crippen molar-refractivity contribution in [3.63, 3.8) is 0 Å². The molecule has 0 saturated heterocycles. The van der Waals surface area contributed by atoms with E-state index in [4.69, 9.17) is 39.5 Å². The standard InChI is InChI=1S/C23H14BrCl3N2O2/c24-18-10-14(5-8-22(18)31-13-15-6-7-17(25)11-20(15)27)9-16(12-28)23(30)29-21-4-2-1-3-19(21)26/h1-11H,13H2,(H,29,30)/b16-9+. The summed E-state index contributed by atoms with van der Waals surface area (Å²) in [6.45, 7) is 0.257. The number of hydrogen-bond donors (Lipinski definition) is 1. The first kappa shape index (κ1) is 23.2. The van der Waals surface area contributed by atoms with Crippen molar-refractivity contribution in [1.29, 1.82) is 5.26 Å². The summed E-state index contributed by atoms with van der Waals surface area (Å²) in [4.78, 5) is 12.4. The maximum atomic E-state index is 12.4. The summed E-state index contributed by atoms with van der Waals surface area (Å²) in [5.74, 6) is 0.0339. The van der Waals surface area contributed by atoms with Crippen LogP contribution in [0.25, 0.3) is 6.08 Å². The van der Waals surface area contributed by atoms with Crippen LogP contribution in [0.5, 0.6) is 5.75 Å². The zero-order valence-corrected chi connectivity index (χ0v) is 19.7. The van der Waals surface area contributed by atoms with Gasteiger partial charge in [-0.3, -0.25) is 4.79 Å². The summed E-state index contributed by atoms with van der Waals surface area (Å²) >= 11 is 21.6. The molecule has 0 atom stereocenters. The minimum Gasteiger partial charge on any atom is -0.488 e. The van der Waals surface area contributed by atoms with Gasteiger partial charge < -0.3 is 10.1 Å². The third-order valence-electron chi connectivity index (χ3n) is 4.15. The number of anilines is 1. The molecule has 4 nitrogen and oxygen atoms in total. The minimum atomic E-state index is -0.551. The Bertz CT molecular complexity index is 1210. The number of carbonyl (C=O) groups excluding carboxylic acids is 1. The van der Waals surface area contributed by atoms with E-state index in [1.807, 2.05) is 6.07 Å². The lowest BCUT2D eigenvalue weighted by atomic mass is 10.1. The lowest BCUT2D eigenvalue weighted by molar-refractivity contribution is -0.112. The monoisotopic (exact) mass is 534 g/mol. The van der Waals surface area contributed by atoms with Crippen LogP contribution in [0, 0.1) is 11.3 Å². The van der Waals surface area contributed by atoms with Gasteiger partial charge in [-0.2, -0.15) is 5.26 Å². The van der Waals surface area contributed by atoms with Gasteiger partial charge in [0.05, 0.1) is 15.2 Å². The second-order valence-corrected chi connectivity index (χ2v) is 8.42. The number of ether oxygens (including phenoxy) is 1. The summed E-state index contributed by atoms with van der Waals surface area (Å²) in [6.07, 6.45) is 1.48. The Labute approximate surface area is 203 Å². The molecule has 0 aliphatic carbocycles. The third-order valence-corrected chi connectivity index (χ3v) is 5.69. The molecule has 0 fully saturated rings. The average molecular weight is 537 g/mol. The fourth-order valence-corrected chi connectivity index (χ4v) is 3.74. The van der Waals surface area contributed by atoms with E-state index >= 15 is 0 Å². The molecule has 1 amide bonds. The second-order valence-electron chi connectivity index (χ2n) is 6.32. The van der Waals surface area contributed by atoms with Crippen molar-refractivity contribution in [2.45, 2.75) is 6.61 Å². The summed E-state index contributed by atoms with van der Waals surface area (Å²) in [5, 5.41) is 13.5. The van der Waals surface area contributed by atoms with Crippen LogP contribution in [0.4, 0.5) is 5.69 Å². The van der Waals surface area contributed by atoms with Gasteiger partial charge in [0.25, 0.3) is 5.91 Å². The smallest absolute Gasteiger partial charge is 0.266 e. The molecule has 0 aliphatic heterocycles. The van der Waals surface area contributed by atoms with Crippen molar-refractivity contribution in [1.82, 2.24) is 0 Å². The third kappa shape index (κ3) is 6.25. The summed E-state index contributed by atoms with van der Waals surface area (Å²) in [5.41, 5.74) is 1.81. The van der Waals surface area contributed by atoms with Crippen LogP contribution < -0.4 is 10.1 Å². The molecule has 0 aromatic heterocycles. The van der Waals surface area contributed by atoms with E-state index in [0.29, 0.717) is 36.5 Å². The highest BCUT2D eigenvalue weighted by atomic mass is 79.9. The molecule has 0 heterocycles. The minimum absolute atomic E-state index is 0.0616. The Hall–Kier alpha value is -2.49. The molecule has 0 spiro atoms. The van der Waals surface area contributed by atoms with Crippen LogP contribution in [0.15, 0.2) is 70.7 Å². The van der Waals surface area contributed by atoms with E-state index in [9.17, 15) is 10.1 Å². The topological polar surface area (TPSA) is 62.1 Å². The maximum absolute atomic E-state index is 12.4. The Morgan fingerprint density at radius 3 is 2.52 bits per heavy atom. The number of hydrogen-bond acceptors (Lipinski definition) is 3. The molecule has 8 heteroatoms. The normalized spacial score (nSPS) is 11.0. The number of rotatable bonds is 6. The van der Waals surface area contributed by atoms with E-state index in [0.717, 1.165) is 5.56 Å². The molecule has 156 valence electrons. The van der Waals surface area contributed by atoms with Crippen molar-refractivity contribution in [2.75, 3.05) is 5.32 Å². The Morgan fingerprint density at radius 2 is 1.84 bits per heavy atom. The van der Waals surface area contributed by atoms with E-state index in [1.54, 1.807) is 60.7 Å². The zero-order chi connectivity index (χ0) is 22.4. The van der Waals surface area contributed by atoms with Crippen LogP contribution in [0.2, 0.25) is 15.1 Å². The second kappa shape index (κ2) is 10.7. The number of para-hydroxylation sites is 1. The average Bonchev–Trinajstić information content (AvgIpc) is 2.74. The van der Waals surface area contributed by atoms with Gasteiger partial charge in [0, 0.05) is 15.6 Å². The van der Waals surface area contributed by atoms with E-state index in [-0.39, 0.29) is 12.2 Å². The number of nitrogens with one attached hydrogen (secondary N) is 1. The molecule has 0 saturated carbocycles. The number of halogens is 4. The number of nitrogens with zero attached hydrogens (tertiary/aromatic N) is 1. The number of carbonyl (C=O) groups is 1. The Morgan fingerprint density at radius 1 is 1.06 bits per heavy atom. The Balaban J connectivity index is 1.73. The number of nitriles is 1. The lowest BCUT2D eigenvalue weighted by Crippen LogP contribution is -2.13. The van der Waals surface area contributed by atoms with E-state index < -0.39 is 5.91 Å². The van der Waals surface area contributed by atoms with Gasteiger partial charge in [-0.25, -0.2) is 0 Å². The van der Waals surface area contributed by atoms with Crippen molar-refractivity contribution < 1.29 is 9.53 Å². The first-order valence-electron chi connectivity index (χ1n) is 8.91. The van der Waals surface area contributed by atoms with Crippen molar-refractivity contribution in [3.05, 3.63) is 96.9 Å². The molecule has 0 unspecified atom stereocenters. The van der Waals surface area contributed by atoms with Gasteiger partial charge in [0.2, 0.25) is 0 Å². The van der Waals surface area contributed by atoms with Gasteiger partial charge in [0.1, 0.15) is 24.0 Å². The highest BCUT2D eigenvalue weighted by Gasteiger charge is 2.12. The van der Waals surface area contributed by atoms with Gasteiger partial charge in [-0.15, -0.1) is 0 Å². The van der Waals surface area contributed by atoms with Crippen LogP contribution in [0.1, 0.15) is 11.1 Å². The van der Waals surface area contributed by atoms with Crippen LogP contribution in [-0.2, 0) is 11.4 Å². The molecule has 3 aromatic rings. The highest BCUT2D eigenvalue weighted by molar-refractivity contribution is 9.10. The van der Waals surface area contributed by atoms with Crippen molar-refractivity contribution in [3.8, 4) is 11.8 Å². The molecular weight excluding hydrogens is 523 g/mol. The fraction of sp³-hybridized carbons (Fsp3) is 0.0435. The lowest BCUT2D eigenvalue weighted by Gasteiger charge is -2.10. The van der Waals surface area contributed by atoms with Gasteiger partial charge in [0.15, 0.2) is 0 Å². The molecule has 1 N–H and O–H groups in total. The molecule has 31 heavy (non-hydrogen) atoms. The van der Waals surface area contributed by atoms with Gasteiger partial charge in [-0.1, -0.05) is 59.1 Å². The SMILES string of the molecule is N#C/C(=C\c1ccc(OCc2ccc(Cl)cc2Cl)c(Br)c1)C(=O)Nc1ccccc1Cl. The molecule has 0 bridgehead atoms. The summed E-state index contributed by atoms with van der Waals surface area (Å²) in [6, 6.07) is 19.1. The number of benzene rings is 3. The maximum Gasteiger partial charge on any atom is 0.266 e. The van der Waals surface area contributed by atoms with Crippen molar-refractivity contribution >= 4 is 68.4 Å². The number of amides is 1. The predicted octanol–water partition coefficient (Wildman–Crippen LogP) is 7.53. The van der Waals surface area contributed by atoms with E-state index in [2.05, 4.69) is 21.2 Å². The quantitative estimate of drug-likeness (QED) is 0.262. The fourth-order valence-electron chi connectivity index (χ4n) is 2.59. The molecule has 0 aliphatic rings. The van der Waals surface area contributed by atoms with Gasteiger partial charge >= 0.3 is 0 Å². The summed E-state index contributed by atoms with van der Waals surface area (Å²) in [7, 11) is 0. The Kier molecular flexibility index (Phi) is 8.00. The zero-order valence-electron chi connectivity index (χ0n) is 15.8. The van der Waals surface area contributed by atoms with Gasteiger partial charge in [-0.05, 0) is 64.0 Å². The first-order chi connectivity index (χ1) is 14.9. The van der Waals surface area contributed by atoms with E-state index in [1.165, 1.54) is 6.08 Å². The largest absolute Gasteiger partial charge is 0.488 e. The van der Waals surface area contributed by atoms with Crippen molar-refractivity contribution in [2.24, 2.45) is 0 Å². The molecule has 3 rings (SSSR count). The molecule has 3 aromatic carbocycles. The predicted molar refractivity (Wildman–Crippen MR) is 129 cm³/mol. The van der Waals surface area contributed by atoms with Crippen LogP contribution >= 0.6 is 50.7 Å². The van der Waals surface area contributed by atoms with Crippen LogP contribution in [-0.4, -0.2) is 5.91 Å². The highest BCUT2D eigenvalue weighted by Crippen LogP contribution is 2.29. The molecular formula is C23H14BrCl3N2O2. The van der Waals surface area contributed by atoms with Crippen LogP contribution in [0.3, 0.4) is 0 Å². The summed E-state index contributed by atoms with van der Waals surface area (Å²) < 4.78 is 6.48. The molecule has 0 radical (unpaired) electrons.